The molecule has 0 aromatic carbocycles. The first-order chi connectivity index (χ1) is 4.98. The van der Waals surface area contributed by atoms with Gasteiger partial charge < -0.3 is 0 Å². The number of rotatable bonds is 0. The average molecular weight is 546 g/mol. The molecule has 0 nitrogen and oxygen atoms in total. The second-order valence-electron chi connectivity index (χ2n) is 4.69. The van der Waals surface area contributed by atoms with E-state index in [1.807, 2.05) is 0 Å². The van der Waals surface area contributed by atoms with E-state index >= 15 is 0 Å². The zero-order valence-electron chi connectivity index (χ0n) is 8.58. The van der Waals surface area contributed by atoms with Crippen molar-refractivity contribution in [2.75, 3.05) is 0 Å². The van der Waals surface area contributed by atoms with Crippen molar-refractivity contribution in [1.82, 2.24) is 0 Å². The molecule has 0 N–H and O–H groups in total. The molecule has 0 amide bonds. The van der Waals surface area contributed by atoms with Crippen molar-refractivity contribution < 1.29 is 4.92 Å². The van der Waals surface area contributed by atoms with E-state index in [1.165, 1.54) is 0 Å². The number of hydrogen-bond acceptors (Lipinski definition) is 0. The summed E-state index contributed by atoms with van der Waals surface area (Å²) in [6.07, 6.45) is 0. The van der Waals surface area contributed by atoms with Crippen molar-refractivity contribution in [1.29, 1.82) is 0 Å². The van der Waals surface area contributed by atoms with Crippen LogP contribution in [0.15, 0.2) is 0 Å². The molecule has 0 aliphatic heterocycles. The zero-order valence-corrected chi connectivity index (χ0v) is 16.5. The third-order valence-corrected chi connectivity index (χ3v) is 2.25. The molecule has 0 aliphatic carbocycles. The van der Waals surface area contributed by atoms with Crippen LogP contribution in [0.3, 0.4) is 0 Å². The van der Waals surface area contributed by atoms with Gasteiger partial charge in [-0.1, -0.05) is 41.5 Å². The molecule has 0 aromatic rings. The Balaban J connectivity index is 0. The zero-order chi connectivity index (χ0) is 10.6. The van der Waals surface area contributed by atoms with E-state index < -0.39 is 0 Å². The molecule has 0 rings (SSSR count). The van der Waals surface area contributed by atoms with Gasteiger partial charge >= 0.3 is 64.9 Å². The number of hydrogen-bond donors (Lipinski definition) is 0. The van der Waals surface area contributed by atoms with Crippen LogP contribution < -0.4 is 0 Å². The van der Waals surface area contributed by atoms with E-state index in [0.29, 0.717) is 10.8 Å². The molecule has 0 aliphatic rings. The van der Waals surface area contributed by atoms with Gasteiger partial charge in [0, 0.05) is 0 Å². The van der Waals surface area contributed by atoms with E-state index in [4.69, 9.17) is 0 Å². The Bertz CT molecular complexity index is 95.7. The SMILES string of the molecule is CC(C)(C)C(C)(C)C.[I][V]([I])[I]. The van der Waals surface area contributed by atoms with Gasteiger partial charge in [0.15, 0.2) is 0 Å². The van der Waals surface area contributed by atoms with Crippen molar-refractivity contribution in [3.8, 4) is 0 Å². The number of halogens is 3. The van der Waals surface area contributed by atoms with E-state index in [2.05, 4.69) is 101 Å². The molecule has 0 unspecified atom stereocenters. The fourth-order valence-electron chi connectivity index (χ4n) is 0. The molecule has 12 heavy (non-hydrogen) atoms. The summed E-state index contributed by atoms with van der Waals surface area (Å²) in [5, 5.41) is 0. The van der Waals surface area contributed by atoms with Crippen LogP contribution in [-0.4, -0.2) is 0 Å². The van der Waals surface area contributed by atoms with Gasteiger partial charge in [0.1, 0.15) is 0 Å². The summed E-state index contributed by atoms with van der Waals surface area (Å²) in [5.41, 5.74) is 0.875. The summed E-state index contributed by atoms with van der Waals surface area (Å²) in [6, 6.07) is 0. The fraction of sp³-hybridized carbons (Fsp3) is 1.00. The molecule has 0 saturated heterocycles. The molecule has 0 fully saturated rings. The standard InChI is InChI=1S/C8H18.3HI.V/c1-7(2,3)8(4,5)6;;;;/h1-6H3;3*1H;/q;;;;+3/p-3. The Kier molecular flexibility index (Phi) is 10.2. The second kappa shape index (κ2) is 7.11. The van der Waals surface area contributed by atoms with Gasteiger partial charge in [-0.05, 0) is 10.8 Å². The molecular formula is C8H18I3V. The predicted molar refractivity (Wildman–Crippen MR) is 81.0 cm³/mol. The first-order valence-electron chi connectivity index (χ1n) is 3.76. The van der Waals surface area contributed by atoms with Crippen LogP contribution in [0.2, 0.25) is 0 Å². The van der Waals surface area contributed by atoms with Crippen LogP contribution in [0.4, 0.5) is 0 Å². The molecule has 76 valence electrons. The third-order valence-electron chi connectivity index (χ3n) is 2.25. The third kappa shape index (κ3) is 12.8. The average Bonchev–Trinajstić information content (AvgIpc) is 1.55. The molecule has 0 radical (unpaired) electrons. The molecule has 0 heterocycles. The van der Waals surface area contributed by atoms with Crippen molar-refractivity contribution in [2.24, 2.45) is 10.8 Å². The fourth-order valence-corrected chi connectivity index (χ4v) is 0. The quantitative estimate of drug-likeness (QED) is 0.341. The normalized spacial score (nSPS) is 12.5. The van der Waals surface area contributed by atoms with Gasteiger partial charge in [-0.15, -0.1) is 0 Å². The summed E-state index contributed by atoms with van der Waals surface area (Å²) in [6.45, 7) is 13.6. The Morgan fingerprint density at radius 2 is 0.750 bits per heavy atom. The van der Waals surface area contributed by atoms with Crippen LogP contribution in [-0.2, 0) is 4.92 Å². The van der Waals surface area contributed by atoms with Crippen molar-refractivity contribution in [3.63, 3.8) is 0 Å². The Morgan fingerprint density at radius 3 is 0.750 bits per heavy atom. The van der Waals surface area contributed by atoms with Crippen molar-refractivity contribution in [3.05, 3.63) is 0 Å². The molecule has 0 bridgehead atoms. The van der Waals surface area contributed by atoms with Gasteiger partial charge in [0.25, 0.3) is 0 Å². The monoisotopic (exact) mass is 546 g/mol. The van der Waals surface area contributed by atoms with Crippen LogP contribution in [0, 0.1) is 10.8 Å². The van der Waals surface area contributed by atoms with E-state index in [-0.39, 0.29) is 4.92 Å². The van der Waals surface area contributed by atoms with Crippen LogP contribution in [0.1, 0.15) is 41.5 Å². The minimum atomic E-state index is -0.278. The summed E-state index contributed by atoms with van der Waals surface area (Å²) in [4.78, 5) is -0.278. The molecule has 4 heteroatoms. The van der Waals surface area contributed by atoms with Gasteiger partial charge in [0.05, 0.1) is 0 Å². The minimum absolute atomic E-state index is 0.278. The van der Waals surface area contributed by atoms with Crippen LogP contribution >= 0.6 is 59.9 Å². The Hall–Kier alpha value is 2.77. The molecular weight excluding hydrogens is 528 g/mol. The predicted octanol–water partition coefficient (Wildman–Crippen LogP) is 5.73. The molecule has 0 atom stereocenters. The maximum atomic E-state index is 2.46. The van der Waals surface area contributed by atoms with Crippen molar-refractivity contribution in [2.45, 2.75) is 41.5 Å². The van der Waals surface area contributed by atoms with Gasteiger partial charge in [-0.2, -0.15) is 0 Å². The van der Waals surface area contributed by atoms with Gasteiger partial charge in [-0.3, -0.25) is 0 Å². The van der Waals surface area contributed by atoms with E-state index in [9.17, 15) is 0 Å². The first-order valence-corrected chi connectivity index (χ1v) is 17.3. The topological polar surface area (TPSA) is 0 Å². The first kappa shape index (κ1) is 17.2. The summed E-state index contributed by atoms with van der Waals surface area (Å²) in [5.74, 6) is 0. The maximum absolute atomic E-state index is 2.46. The Morgan fingerprint density at radius 1 is 0.667 bits per heavy atom. The molecule has 0 aromatic heterocycles. The van der Waals surface area contributed by atoms with Gasteiger partial charge in [0.2, 0.25) is 0 Å². The summed E-state index contributed by atoms with van der Waals surface area (Å²) < 4.78 is 0. The second-order valence-corrected chi connectivity index (χ2v) is 40.1. The van der Waals surface area contributed by atoms with Crippen LogP contribution in [0.5, 0.6) is 0 Å². The van der Waals surface area contributed by atoms with Crippen LogP contribution in [0.25, 0.3) is 0 Å². The summed E-state index contributed by atoms with van der Waals surface area (Å²) >= 11 is 7.39. The molecule has 0 saturated carbocycles. The molecule has 0 spiro atoms. The summed E-state index contributed by atoms with van der Waals surface area (Å²) in [7, 11) is 0. The Labute approximate surface area is 115 Å². The van der Waals surface area contributed by atoms with Crippen molar-refractivity contribution >= 4 is 59.9 Å². The van der Waals surface area contributed by atoms with E-state index in [0.717, 1.165) is 0 Å². The van der Waals surface area contributed by atoms with Gasteiger partial charge in [-0.25, -0.2) is 0 Å². The van der Waals surface area contributed by atoms with E-state index in [1.54, 1.807) is 0 Å².